The van der Waals surface area contributed by atoms with E-state index >= 15 is 0 Å². The third kappa shape index (κ3) is 2.66. The Kier molecular flexibility index (Phi) is 3.60. The number of anilines is 2. The minimum Gasteiger partial charge on any atom is -0.324 e. The molecule has 1 aromatic carbocycles. The van der Waals surface area contributed by atoms with Crippen molar-refractivity contribution >= 4 is 39.1 Å². The van der Waals surface area contributed by atoms with Gasteiger partial charge in [-0.1, -0.05) is 22.0 Å². The summed E-state index contributed by atoms with van der Waals surface area (Å²) in [4.78, 5) is 21.5. The second kappa shape index (κ2) is 5.01. The molecule has 2 N–H and O–H groups in total. The summed E-state index contributed by atoms with van der Waals surface area (Å²) < 4.78 is 25.1. The number of nitrogens with one attached hydrogen (secondary N) is 2. The molecule has 2 rings (SSSR count). The van der Waals surface area contributed by atoms with Crippen molar-refractivity contribution in [3.8, 4) is 0 Å². The van der Waals surface area contributed by atoms with Gasteiger partial charge in [0.15, 0.2) is 0 Å². The van der Waals surface area contributed by atoms with Crippen LogP contribution < -0.4 is 10.6 Å². The summed E-state index contributed by atoms with van der Waals surface area (Å²) in [7, 11) is 0. The van der Waals surface area contributed by atoms with Crippen LogP contribution in [-0.2, 0) is 9.59 Å². The number of fused-ring (bicyclic) bond motifs is 1. The fraction of sp³-hybridized carbons (Fsp3) is 0.273. The van der Waals surface area contributed by atoms with Gasteiger partial charge in [0.25, 0.3) is 6.43 Å². The Morgan fingerprint density at radius 1 is 1.11 bits per heavy atom. The number of amides is 2. The van der Waals surface area contributed by atoms with Crippen molar-refractivity contribution < 1.29 is 18.4 Å². The highest BCUT2D eigenvalue weighted by atomic mass is 79.9. The molecule has 4 nitrogen and oxygen atoms in total. The van der Waals surface area contributed by atoms with Crippen LogP contribution in [0.3, 0.4) is 0 Å². The number of rotatable bonds is 2. The Labute approximate surface area is 110 Å². The molecule has 0 saturated carbocycles. The molecule has 0 fully saturated rings. The van der Waals surface area contributed by atoms with Gasteiger partial charge in [0.2, 0.25) is 11.8 Å². The van der Waals surface area contributed by atoms with E-state index in [4.69, 9.17) is 0 Å². The molecular weight excluding hydrogens is 310 g/mol. The van der Waals surface area contributed by atoms with E-state index in [1.807, 2.05) is 0 Å². The predicted octanol–water partition coefficient (Wildman–Crippen LogP) is 2.67. The Hall–Kier alpha value is -1.50. The number of hydrogen-bond donors (Lipinski definition) is 2. The molecule has 2 amide bonds. The van der Waals surface area contributed by atoms with Crippen molar-refractivity contribution in [3.63, 3.8) is 0 Å². The fourth-order valence-electron chi connectivity index (χ4n) is 1.63. The van der Waals surface area contributed by atoms with Gasteiger partial charge < -0.3 is 10.6 Å². The zero-order valence-corrected chi connectivity index (χ0v) is 10.6. The van der Waals surface area contributed by atoms with E-state index in [2.05, 4.69) is 26.6 Å². The first-order valence-corrected chi connectivity index (χ1v) is 6.05. The highest BCUT2D eigenvalue weighted by Gasteiger charge is 2.22. The maximum absolute atomic E-state index is 12.6. The van der Waals surface area contributed by atoms with Gasteiger partial charge in [-0.15, -0.1) is 0 Å². The summed E-state index contributed by atoms with van der Waals surface area (Å²) in [6.07, 6.45) is -2.84. The molecule has 1 aliphatic rings. The second-order valence-electron chi connectivity index (χ2n) is 3.81. The zero-order valence-electron chi connectivity index (χ0n) is 9.04. The number of hydrogen-bond acceptors (Lipinski definition) is 2. The summed E-state index contributed by atoms with van der Waals surface area (Å²) in [6.45, 7) is 0. The first kappa shape index (κ1) is 12.9. The molecule has 7 heteroatoms. The molecule has 1 heterocycles. The molecule has 0 bridgehead atoms. The molecule has 96 valence electrons. The number of carbonyl (C=O) groups is 2. The third-order valence-corrected chi connectivity index (χ3v) is 3.38. The quantitative estimate of drug-likeness (QED) is 0.650. The van der Waals surface area contributed by atoms with Crippen molar-refractivity contribution in [2.45, 2.75) is 17.7 Å². The van der Waals surface area contributed by atoms with E-state index in [1.54, 1.807) is 0 Å². The van der Waals surface area contributed by atoms with Gasteiger partial charge in [0.1, 0.15) is 11.2 Å². The molecule has 1 atom stereocenters. The van der Waals surface area contributed by atoms with Gasteiger partial charge in [-0.25, -0.2) is 8.78 Å². The fourth-order valence-corrected chi connectivity index (χ4v) is 1.91. The highest BCUT2D eigenvalue weighted by Crippen LogP contribution is 2.34. The highest BCUT2D eigenvalue weighted by molar-refractivity contribution is 9.09. The maximum Gasteiger partial charge on any atom is 0.255 e. The van der Waals surface area contributed by atoms with Crippen molar-refractivity contribution in [1.29, 1.82) is 0 Å². The van der Waals surface area contributed by atoms with Crippen LogP contribution in [0.15, 0.2) is 18.2 Å². The van der Waals surface area contributed by atoms with E-state index in [0.717, 1.165) is 0 Å². The smallest absolute Gasteiger partial charge is 0.255 e. The van der Waals surface area contributed by atoms with Gasteiger partial charge in [0.05, 0.1) is 11.4 Å². The monoisotopic (exact) mass is 318 g/mol. The second-order valence-corrected chi connectivity index (χ2v) is 4.80. The van der Waals surface area contributed by atoms with E-state index in [1.165, 1.54) is 18.2 Å². The van der Waals surface area contributed by atoms with Gasteiger partial charge in [-0.3, -0.25) is 9.59 Å². The largest absolute Gasteiger partial charge is 0.324 e. The molecular formula is C11H9BrF2N2O2. The predicted molar refractivity (Wildman–Crippen MR) is 66.0 cm³/mol. The summed E-state index contributed by atoms with van der Waals surface area (Å²) in [5.41, 5.74) is 1.07. The molecule has 0 aromatic heterocycles. The Bertz CT molecular complexity index is 508. The molecule has 1 unspecified atom stereocenters. The lowest BCUT2D eigenvalue weighted by molar-refractivity contribution is -0.123. The van der Waals surface area contributed by atoms with Crippen LogP contribution >= 0.6 is 15.9 Å². The van der Waals surface area contributed by atoms with Crippen molar-refractivity contribution in [2.75, 3.05) is 10.6 Å². The van der Waals surface area contributed by atoms with Crippen LogP contribution in [0.2, 0.25) is 0 Å². The molecule has 0 saturated heterocycles. The lowest BCUT2D eigenvalue weighted by atomic mass is 10.1. The van der Waals surface area contributed by atoms with Gasteiger partial charge in [-0.2, -0.15) is 0 Å². The molecule has 0 spiro atoms. The van der Waals surface area contributed by atoms with E-state index in [0.29, 0.717) is 16.9 Å². The maximum atomic E-state index is 12.6. The van der Waals surface area contributed by atoms with E-state index < -0.39 is 23.1 Å². The molecule has 1 aromatic rings. The topological polar surface area (TPSA) is 58.2 Å². The van der Waals surface area contributed by atoms with Crippen LogP contribution in [-0.4, -0.2) is 18.2 Å². The van der Waals surface area contributed by atoms with Crippen molar-refractivity contribution in [1.82, 2.24) is 0 Å². The normalized spacial score (nSPS) is 16.7. The average molecular weight is 319 g/mol. The van der Waals surface area contributed by atoms with Crippen LogP contribution in [0.5, 0.6) is 0 Å². The first-order valence-electron chi connectivity index (χ1n) is 5.13. The van der Waals surface area contributed by atoms with Gasteiger partial charge in [-0.05, 0) is 17.7 Å². The van der Waals surface area contributed by atoms with Crippen LogP contribution in [0, 0.1) is 0 Å². The van der Waals surface area contributed by atoms with Gasteiger partial charge in [0, 0.05) is 0 Å². The summed E-state index contributed by atoms with van der Waals surface area (Å²) >= 11 is 2.87. The minimum absolute atomic E-state index is 0.281. The molecule has 18 heavy (non-hydrogen) atoms. The van der Waals surface area contributed by atoms with Crippen LogP contribution in [0.4, 0.5) is 20.2 Å². The number of benzene rings is 1. The Balaban J connectivity index is 2.37. The zero-order chi connectivity index (χ0) is 13.3. The third-order valence-electron chi connectivity index (χ3n) is 2.45. The summed E-state index contributed by atoms with van der Waals surface area (Å²) in [6, 6.07) is 4.39. The van der Waals surface area contributed by atoms with Crippen LogP contribution in [0.25, 0.3) is 0 Å². The Morgan fingerprint density at radius 2 is 1.72 bits per heavy atom. The minimum atomic E-state index is -2.56. The lowest BCUT2D eigenvalue weighted by Crippen LogP contribution is -2.16. The number of carbonyl (C=O) groups excluding carboxylic acids is 2. The standard InChI is InChI=1S/C11H9BrF2N2O2/c12-10(11(13)14)5-1-2-6-7(3-5)16-9(18)4-8(17)15-6/h1-3,10-11H,4H2,(H,15,17)(H,16,18). The summed E-state index contributed by atoms with van der Waals surface area (Å²) in [5.74, 6) is -0.894. The molecule has 0 aliphatic carbocycles. The first-order chi connectivity index (χ1) is 8.47. The molecule has 1 aliphatic heterocycles. The van der Waals surface area contributed by atoms with Crippen molar-refractivity contribution in [2.24, 2.45) is 0 Å². The lowest BCUT2D eigenvalue weighted by Gasteiger charge is -2.13. The van der Waals surface area contributed by atoms with Crippen LogP contribution in [0.1, 0.15) is 16.8 Å². The van der Waals surface area contributed by atoms with Crippen molar-refractivity contribution in [3.05, 3.63) is 23.8 Å². The van der Waals surface area contributed by atoms with E-state index in [9.17, 15) is 18.4 Å². The molecule has 0 radical (unpaired) electrons. The average Bonchev–Trinajstić information content (AvgIpc) is 2.43. The number of halogens is 3. The Morgan fingerprint density at radius 3 is 2.33 bits per heavy atom. The number of alkyl halides is 3. The summed E-state index contributed by atoms with van der Waals surface area (Å²) in [5, 5.41) is 5.02. The van der Waals surface area contributed by atoms with E-state index in [-0.39, 0.29) is 6.42 Å². The van der Waals surface area contributed by atoms with Gasteiger partial charge >= 0.3 is 0 Å². The SMILES string of the molecule is O=C1CC(=O)Nc2cc(C(Br)C(F)F)ccc2N1.